The molecule has 1 aliphatic heterocycles. The highest BCUT2D eigenvalue weighted by Gasteiger charge is 2.24. The van der Waals surface area contributed by atoms with Crippen LogP contribution in [0.4, 0.5) is 0 Å². The van der Waals surface area contributed by atoms with Crippen molar-refractivity contribution in [2.24, 2.45) is 0 Å². The van der Waals surface area contributed by atoms with Gasteiger partial charge in [-0.25, -0.2) is 0 Å². The van der Waals surface area contributed by atoms with Crippen LogP contribution < -0.4 is 14.8 Å². The number of hydrogen-bond donors (Lipinski definition) is 1. The van der Waals surface area contributed by atoms with E-state index in [2.05, 4.69) is 5.32 Å². The molecule has 1 unspecified atom stereocenters. The van der Waals surface area contributed by atoms with E-state index >= 15 is 0 Å². The standard InChI is InChI=1S/C19H22N2O4S/c1-2-21(11-15-12-24-16-5-3-4-6-17(16)25-15)18(22)7-9-20-19(23)14-8-10-26-13-14/h3-6,8,10,13,15H,2,7,9,11-12H2,1H3,(H,20,23). The lowest BCUT2D eigenvalue weighted by Gasteiger charge is -2.31. The second-order valence-corrected chi connectivity index (χ2v) is 6.73. The van der Waals surface area contributed by atoms with Gasteiger partial charge in [-0.15, -0.1) is 0 Å². The molecule has 138 valence electrons. The number of carbonyl (C=O) groups is 2. The lowest BCUT2D eigenvalue weighted by molar-refractivity contribution is -0.132. The summed E-state index contributed by atoms with van der Waals surface area (Å²) in [5.41, 5.74) is 0.626. The summed E-state index contributed by atoms with van der Waals surface area (Å²) in [6.45, 7) is 3.70. The monoisotopic (exact) mass is 374 g/mol. The van der Waals surface area contributed by atoms with Crippen molar-refractivity contribution in [3.8, 4) is 11.5 Å². The van der Waals surface area contributed by atoms with Gasteiger partial charge in [-0.05, 0) is 30.5 Å². The average molecular weight is 374 g/mol. The van der Waals surface area contributed by atoms with Crippen LogP contribution in [0.25, 0.3) is 0 Å². The number of hydrogen-bond acceptors (Lipinski definition) is 5. The van der Waals surface area contributed by atoms with E-state index in [-0.39, 0.29) is 24.3 Å². The fraction of sp³-hybridized carbons (Fsp3) is 0.368. The molecule has 1 atom stereocenters. The van der Waals surface area contributed by atoms with Crippen molar-refractivity contribution in [3.63, 3.8) is 0 Å². The smallest absolute Gasteiger partial charge is 0.252 e. The molecule has 1 N–H and O–H groups in total. The van der Waals surface area contributed by atoms with Crippen LogP contribution in [0.5, 0.6) is 11.5 Å². The molecule has 2 amide bonds. The number of amides is 2. The lowest BCUT2D eigenvalue weighted by Crippen LogP contribution is -2.44. The van der Waals surface area contributed by atoms with E-state index in [4.69, 9.17) is 9.47 Å². The topological polar surface area (TPSA) is 67.9 Å². The Balaban J connectivity index is 1.46. The molecule has 2 aromatic rings. The minimum atomic E-state index is -0.200. The Morgan fingerprint density at radius 3 is 2.81 bits per heavy atom. The summed E-state index contributed by atoms with van der Waals surface area (Å²) in [5, 5.41) is 6.41. The summed E-state index contributed by atoms with van der Waals surface area (Å²) < 4.78 is 11.6. The van der Waals surface area contributed by atoms with Crippen molar-refractivity contribution < 1.29 is 19.1 Å². The third-order valence-electron chi connectivity index (χ3n) is 4.13. The van der Waals surface area contributed by atoms with Crippen LogP contribution in [0.15, 0.2) is 41.1 Å². The fourth-order valence-corrected chi connectivity index (χ4v) is 3.38. The van der Waals surface area contributed by atoms with Gasteiger partial charge < -0.3 is 19.7 Å². The molecule has 0 spiro atoms. The molecule has 0 aliphatic carbocycles. The highest BCUT2D eigenvalue weighted by molar-refractivity contribution is 7.08. The molecule has 0 radical (unpaired) electrons. The van der Waals surface area contributed by atoms with Crippen LogP contribution in [-0.2, 0) is 4.79 Å². The van der Waals surface area contributed by atoms with Gasteiger partial charge in [-0.1, -0.05) is 12.1 Å². The molecule has 2 heterocycles. The fourth-order valence-electron chi connectivity index (χ4n) is 2.74. The molecule has 1 aromatic heterocycles. The Hall–Kier alpha value is -2.54. The van der Waals surface area contributed by atoms with E-state index < -0.39 is 0 Å². The number of thiophene rings is 1. The molecule has 0 saturated heterocycles. The van der Waals surface area contributed by atoms with Crippen LogP contribution in [0, 0.1) is 0 Å². The van der Waals surface area contributed by atoms with E-state index in [0.717, 1.165) is 5.75 Å². The largest absolute Gasteiger partial charge is 0.486 e. The molecular weight excluding hydrogens is 352 g/mol. The number of nitrogens with one attached hydrogen (secondary N) is 1. The zero-order chi connectivity index (χ0) is 18.4. The molecular formula is C19H22N2O4S. The Labute approximate surface area is 156 Å². The van der Waals surface area contributed by atoms with Gasteiger partial charge in [0.15, 0.2) is 17.6 Å². The first kappa shape index (κ1) is 18.3. The van der Waals surface area contributed by atoms with Gasteiger partial charge in [-0.3, -0.25) is 9.59 Å². The summed E-state index contributed by atoms with van der Waals surface area (Å²) in [6.07, 6.45) is 0.0580. The van der Waals surface area contributed by atoms with Crippen LogP contribution in [0.2, 0.25) is 0 Å². The Kier molecular flexibility index (Phi) is 6.12. The van der Waals surface area contributed by atoms with Gasteiger partial charge in [0.25, 0.3) is 5.91 Å². The molecule has 0 fully saturated rings. The van der Waals surface area contributed by atoms with Crippen LogP contribution in [0.3, 0.4) is 0 Å². The molecule has 1 aliphatic rings. The van der Waals surface area contributed by atoms with Gasteiger partial charge >= 0.3 is 0 Å². The van der Waals surface area contributed by atoms with E-state index in [1.807, 2.05) is 36.6 Å². The highest BCUT2D eigenvalue weighted by atomic mass is 32.1. The van der Waals surface area contributed by atoms with Gasteiger partial charge in [0, 0.05) is 30.5 Å². The van der Waals surface area contributed by atoms with Crippen LogP contribution >= 0.6 is 11.3 Å². The van der Waals surface area contributed by atoms with Crippen LogP contribution in [-0.4, -0.2) is 49.1 Å². The maximum Gasteiger partial charge on any atom is 0.252 e. The molecule has 0 saturated carbocycles. The first-order valence-corrected chi connectivity index (χ1v) is 9.58. The van der Waals surface area contributed by atoms with Crippen molar-refractivity contribution in [2.75, 3.05) is 26.2 Å². The van der Waals surface area contributed by atoms with Crippen molar-refractivity contribution in [1.29, 1.82) is 0 Å². The third-order valence-corrected chi connectivity index (χ3v) is 4.82. The predicted octanol–water partition coefficient (Wildman–Crippen LogP) is 2.56. The maximum atomic E-state index is 12.4. The number of para-hydroxylation sites is 2. The van der Waals surface area contributed by atoms with Crippen molar-refractivity contribution >= 4 is 23.2 Å². The second-order valence-electron chi connectivity index (χ2n) is 5.95. The zero-order valence-electron chi connectivity index (χ0n) is 14.6. The molecule has 7 heteroatoms. The minimum absolute atomic E-state index is 0.0134. The molecule has 26 heavy (non-hydrogen) atoms. The second kappa shape index (κ2) is 8.71. The van der Waals surface area contributed by atoms with Crippen molar-refractivity contribution in [3.05, 3.63) is 46.7 Å². The van der Waals surface area contributed by atoms with E-state index in [9.17, 15) is 9.59 Å². The number of fused-ring (bicyclic) bond motifs is 1. The summed E-state index contributed by atoms with van der Waals surface area (Å²) >= 11 is 1.47. The molecule has 6 nitrogen and oxygen atoms in total. The Morgan fingerprint density at radius 2 is 2.08 bits per heavy atom. The van der Waals surface area contributed by atoms with E-state index in [0.29, 0.717) is 37.6 Å². The van der Waals surface area contributed by atoms with Gasteiger partial charge in [0.2, 0.25) is 5.91 Å². The number of benzene rings is 1. The summed E-state index contributed by atoms with van der Waals surface area (Å²) in [6, 6.07) is 9.28. The quantitative estimate of drug-likeness (QED) is 0.809. The average Bonchev–Trinajstić information content (AvgIpc) is 3.20. The minimum Gasteiger partial charge on any atom is -0.486 e. The SMILES string of the molecule is CCN(CC1COc2ccccc2O1)C(=O)CCNC(=O)c1ccsc1. The summed E-state index contributed by atoms with van der Waals surface area (Å²) in [7, 11) is 0. The maximum absolute atomic E-state index is 12.4. The molecule has 0 bridgehead atoms. The zero-order valence-corrected chi connectivity index (χ0v) is 15.5. The normalized spacial score (nSPS) is 15.3. The van der Waals surface area contributed by atoms with Gasteiger partial charge in [0.1, 0.15) is 6.61 Å². The Morgan fingerprint density at radius 1 is 1.27 bits per heavy atom. The summed E-state index contributed by atoms with van der Waals surface area (Å²) in [4.78, 5) is 26.1. The number of ether oxygens (including phenoxy) is 2. The third kappa shape index (κ3) is 4.54. The Bertz CT molecular complexity index is 748. The number of carbonyl (C=O) groups excluding carboxylic acids is 2. The van der Waals surface area contributed by atoms with Crippen LogP contribution in [0.1, 0.15) is 23.7 Å². The number of likely N-dealkylation sites (N-methyl/N-ethyl adjacent to an activating group) is 1. The summed E-state index contributed by atoms with van der Waals surface area (Å²) in [5.74, 6) is 1.27. The highest BCUT2D eigenvalue weighted by Crippen LogP contribution is 2.31. The number of nitrogens with zero attached hydrogens (tertiary/aromatic N) is 1. The lowest BCUT2D eigenvalue weighted by atomic mass is 10.2. The van der Waals surface area contributed by atoms with E-state index in [1.54, 1.807) is 16.3 Å². The number of rotatable bonds is 7. The predicted molar refractivity (Wildman–Crippen MR) is 99.9 cm³/mol. The van der Waals surface area contributed by atoms with E-state index in [1.165, 1.54) is 11.3 Å². The van der Waals surface area contributed by atoms with Gasteiger partial charge in [-0.2, -0.15) is 11.3 Å². The van der Waals surface area contributed by atoms with Crippen molar-refractivity contribution in [1.82, 2.24) is 10.2 Å². The van der Waals surface area contributed by atoms with Crippen molar-refractivity contribution in [2.45, 2.75) is 19.4 Å². The molecule has 3 rings (SSSR count). The van der Waals surface area contributed by atoms with Gasteiger partial charge in [0.05, 0.1) is 6.54 Å². The first-order valence-electron chi connectivity index (χ1n) is 8.64. The molecule has 1 aromatic carbocycles. The first-order chi connectivity index (χ1) is 12.7.